The van der Waals surface area contributed by atoms with Gasteiger partial charge < -0.3 is 20.1 Å². The van der Waals surface area contributed by atoms with Crippen molar-refractivity contribution < 1.29 is 14.3 Å². The third kappa shape index (κ3) is 5.27. The molecule has 6 nitrogen and oxygen atoms in total. The van der Waals surface area contributed by atoms with Crippen molar-refractivity contribution in [3.05, 3.63) is 48.3 Å². The van der Waals surface area contributed by atoms with Gasteiger partial charge in [-0.2, -0.15) is 0 Å². The smallest absolute Gasteiger partial charge is 0.269 e. The molecule has 2 N–H and O–H groups in total. The summed E-state index contributed by atoms with van der Waals surface area (Å²) in [5, 5.41) is 6.01. The van der Waals surface area contributed by atoms with Gasteiger partial charge in [0.2, 0.25) is 0 Å². The fourth-order valence-corrected chi connectivity index (χ4v) is 1.95. The highest BCUT2D eigenvalue weighted by Crippen LogP contribution is 2.19. The van der Waals surface area contributed by atoms with E-state index in [1.54, 1.807) is 26.5 Å². The molecule has 1 heterocycles. The highest BCUT2D eigenvalue weighted by molar-refractivity contribution is 5.92. The molecule has 0 spiro atoms. The van der Waals surface area contributed by atoms with Crippen LogP contribution in [0.25, 0.3) is 0 Å². The number of carbonyl (C=O) groups excluding carboxylic acids is 1. The molecule has 0 fully saturated rings. The Labute approximate surface area is 135 Å². The Morgan fingerprint density at radius 2 is 1.83 bits per heavy atom. The average molecular weight is 315 g/mol. The standard InChI is InChI=1S/C17H21N3O3/c1-22-11-3-10-18-17(21)16-9-6-14(12-19-16)20-13-4-7-15(23-2)8-5-13/h4-9,12,20H,3,10-11H2,1-2H3,(H,18,21). The lowest BCUT2D eigenvalue weighted by Gasteiger charge is -2.08. The van der Waals surface area contributed by atoms with E-state index in [0.717, 1.165) is 23.5 Å². The SMILES string of the molecule is COCCCNC(=O)c1ccc(Nc2ccc(OC)cc2)cn1. The Morgan fingerprint density at radius 1 is 1.09 bits per heavy atom. The van der Waals surface area contributed by atoms with Gasteiger partial charge in [-0.3, -0.25) is 4.79 Å². The van der Waals surface area contributed by atoms with E-state index < -0.39 is 0 Å². The third-order valence-corrected chi connectivity index (χ3v) is 3.19. The van der Waals surface area contributed by atoms with Gasteiger partial charge in [-0.1, -0.05) is 0 Å². The number of pyridine rings is 1. The zero-order valence-electron chi connectivity index (χ0n) is 13.3. The molecule has 0 saturated carbocycles. The third-order valence-electron chi connectivity index (χ3n) is 3.19. The molecule has 0 saturated heterocycles. The van der Waals surface area contributed by atoms with Gasteiger partial charge in [-0.15, -0.1) is 0 Å². The molecule has 1 aromatic heterocycles. The largest absolute Gasteiger partial charge is 0.497 e. The minimum Gasteiger partial charge on any atom is -0.497 e. The van der Waals surface area contributed by atoms with Crippen LogP contribution in [0.5, 0.6) is 5.75 Å². The van der Waals surface area contributed by atoms with Crippen molar-refractivity contribution in [3.8, 4) is 5.75 Å². The molecule has 0 aliphatic carbocycles. The Kier molecular flexibility index (Phi) is 6.38. The van der Waals surface area contributed by atoms with E-state index in [2.05, 4.69) is 15.6 Å². The lowest BCUT2D eigenvalue weighted by atomic mass is 10.2. The van der Waals surface area contributed by atoms with E-state index in [1.165, 1.54) is 0 Å². The molecule has 122 valence electrons. The van der Waals surface area contributed by atoms with Crippen molar-refractivity contribution in [2.24, 2.45) is 0 Å². The summed E-state index contributed by atoms with van der Waals surface area (Å²) in [5.74, 6) is 0.617. The molecule has 23 heavy (non-hydrogen) atoms. The molecular weight excluding hydrogens is 294 g/mol. The number of aromatic nitrogens is 1. The number of amides is 1. The molecule has 0 atom stereocenters. The first-order chi connectivity index (χ1) is 11.2. The Balaban J connectivity index is 1.89. The second-order valence-corrected chi connectivity index (χ2v) is 4.89. The van der Waals surface area contributed by atoms with Crippen LogP contribution in [-0.4, -0.2) is 38.3 Å². The van der Waals surface area contributed by atoms with Crippen LogP contribution in [0.15, 0.2) is 42.6 Å². The van der Waals surface area contributed by atoms with Gasteiger partial charge >= 0.3 is 0 Å². The van der Waals surface area contributed by atoms with E-state index in [9.17, 15) is 4.79 Å². The summed E-state index contributed by atoms with van der Waals surface area (Å²) in [7, 11) is 3.27. The molecule has 1 amide bonds. The van der Waals surface area contributed by atoms with E-state index in [1.807, 2.05) is 30.3 Å². The van der Waals surface area contributed by atoms with Gasteiger partial charge in [0.15, 0.2) is 0 Å². The molecule has 0 aliphatic heterocycles. The van der Waals surface area contributed by atoms with E-state index >= 15 is 0 Å². The molecule has 2 rings (SSSR count). The first kappa shape index (κ1) is 16.8. The van der Waals surface area contributed by atoms with Gasteiger partial charge in [0, 0.05) is 25.9 Å². The summed E-state index contributed by atoms with van der Waals surface area (Å²) in [4.78, 5) is 16.1. The topological polar surface area (TPSA) is 72.5 Å². The fraction of sp³-hybridized carbons (Fsp3) is 0.294. The van der Waals surface area contributed by atoms with Crippen molar-refractivity contribution in [2.45, 2.75) is 6.42 Å². The number of carbonyl (C=O) groups is 1. The summed E-state index contributed by atoms with van der Waals surface area (Å²) < 4.78 is 10.0. The molecule has 0 bridgehead atoms. The number of methoxy groups -OCH3 is 2. The summed E-state index contributed by atoms with van der Waals surface area (Å²) in [6, 6.07) is 11.1. The minimum atomic E-state index is -0.183. The lowest BCUT2D eigenvalue weighted by molar-refractivity contribution is 0.0943. The number of ether oxygens (including phenoxy) is 2. The van der Waals surface area contributed by atoms with Crippen molar-refractivity contribution in [1.29, 1.82) is 0 Å². The van der Waals surface area contributed by atoms with Gasteiger partial charge in [-0.05, 0) is 42.8 Å². The number of nitrogens with zero attached hydrogens (tertiary/aromatic N) is 1. The minimum absolute atomic E-state index is 0.183. The zero-order valence-corrected chi connectivity index (χ0v) is 13.3. The average Bonchev–Trinajstić information content (AvgIpc) is 2.60. The Hall–Kier alpha value is -2.60. The highest BCUT2D eigenvalue weighted by atomic mass is 16.5. The summed E-state index contributed by atoms with van der Waals surface area (Å²) in [6.07, 6.45) is 2.41. The van der Waals surface area contributed by atoms with Crippen molar-refractivity contribution in [3.63, 3.8) is 0 Å². The van der Waals surface area contributed by atoms with Crippen LogP contribution in [0.2, 0.25) is 0 Å². The van der Waals surface area contributed by atoms with Crippen LogP contribution in [0.1, 0.15) is 16.9 Å². The van der Waals surface area contributed by atoms with E-state index in [-0.39, 0.29) is 5.91 Å². The maximum atomic E-state index is 11.9. The number of hydrogen-bond donors (Lipinski definition) is 2. The molecule has 1 aromatic carbocycles. The second kappa shape index (κ2) is 8.75. The summed E-state index contributed by atoms with van der Waals surface area (Å²) >= 11 is 0. The second-order valence-electron chi connectivity index (χ2n) is 4.89. The monoisotopic (exact) mass is 315 g/mol. The predicted octanol–water partition coefficient (Wildman–Crippen LogP) is 2.60. The fourth-order valence-electron chi connectivity index (χ4n) is 1.95. The number of benzene rings is 1. The van der Waals surface area contributed by atoms with Crippen LogP contribution in [0, 0.1) is 0 Å². The van der Waals surface area contributed by atoms with Crippen LogP contribution in [-0.2, 0) is 4.74 Å². The van der Waals surface area contributed by atoms with Crippen LogP contribution in [0.3, 0.4) is 0 Å². The predicted molar refractivity (Wildman–Crippen MR) is 89.3 cm³/mol. The number of anilines is 2. The van der Waals surface area contributed by atoms with Crippen molar-refractivity contribution in [1.82, 2.24) is 10.3 Å². The van der Waals surface area contributed by atoms with Crippen LogP contribution >= 0.6 is 0 Å². The normalized spacial score (nSPS) is 10.2. The van der Waals surface area contributed by atoms with Crippen molar-refractivity contribution in [2.75, 3.05) is 32.7 Å². The molecule has 6 heteroatoms. The van der Waals surface area contributed by atoms with E-state index in [4.69, 9.17) is 9.47 Å². The van der Waals surface area contributed by atoms with Gasteiger partial charge in [0.05, 0.1) is 19.0 Å². The van der Waals surface area contributed by atoms with Gasteiger partial charge in [-0.25, -0.2) is 4.98 Å². The number of rotatable bonds is 8. The molecule has 0 unspecified atom stereocenters. The number of nitrogens with one attached hydrogen (secondary N) is 2. The van der Waals surface area contributed by atoms with Gasteiger partial charge in [0.1, 0.15) is 11.4 Å². The Morgan fingerprint density at radius 3 is 2.43 bits per heavy atom. The molecule has 2 aromatic rings. The quantitative estimate of drug-likeness (QED) is 0.733. The highest BCUT2D eigenvalue weighted by Gasteiger charge is 2.06. The van der Waals surface area contributed by atoms with Crippen molar-refractivity contribution >= 4 is 17.3 Å². The maximum absolute atomic E-state index is 11.9. The zero-order chi connectivity index (χ0) is 16.5. The number of hydrogen-bond acceptors (Lipinski definition) is 5. The maximum Gasteiger partial charge on any atom is 0.269 e. The van der Waals surface area contributed by atoms with Crippen LogP contribution in [0.4, 0.5) is 11.4 Å². The molecule has 0 aliphatic rings. The first-order valence-corrected chi connectivity index (χ1v) is 7.37. The molecular formula is C17H21N3O3. The lowest BCUT2D eigenvalue weighted by Crippen LogP contribution is -2.26. The van der Waals surface area contributed by atoms with Gasteiger partial charge in [0.25, 0.3) is 5.91 Å². The summed E-state index contributed by atoms with van der Waals surface area (Å²) in [5.41, 5.74) is 2.12. The first-order valence-electron chi connectivity index (χ1n) is 7.37. The summed E-state index contributed by atoms with van der Waals surface area (Å²) in [6.45, 7) is 1.19. The van der Waals surface area contributed by atoms with Crippen LogP contribution < -0.4 is 15.4 Å². The molecule has 0 radical (unpaired) electrons. The Bertz CT molecular complexity index is 612. The van der Waals surface area contributed by atoms with E-state index in [0.29, 0.717) is 18.8 Å².